The highest BCUT2D eigenvalue weighted by Crippen LogP contribution is 2.37. The minimum atomic E-state index is 0.0442. The van der Waals surface area contributed by atoms with Crippen molar-refractivity contribution in [3.63, 3.8) is 0 Å². The molecule has 1 heterocycles. The van der Waals surface area contributed by atoms with Gasteiger partial charge in [-0.15, -0.1) is 0 Å². The Balaban J connectivity index is 2.51. The molecule has 1 unspecified atom stereocenters. The zero-order valence-electron chi connectivity index (χ0n) is 10.6. The molecular formula is C14H21NO. The summed E-state index contributed by atoms with van der Waals surface area (Å²) in [6.45, 7) is 10.1. The van der Waals surface area contributed by atoms with Gasteiger partial charge in [-0.25, -0.2) is 0 Å². The van der Waals surface area contributed by atoms with Crippen molar-refractivity contribution in [1.82, 2.24) is 0 Å². The van der Waals surface area contributed by atoms with Crippen LogP contribution in [0.15, 0.2) is 12.1 Å². The van der Waals surface area contributed by atoms with Crippen LogP contribution in [0.5, 0.6) is 0 Å². The summed E-state index contributed by atoms with van der Waals surface area (Å²) in [6.07, 6.45) is 0. The van der Waals surface area contributed by atoms with Crippen LogP contribution in [0, 0.1) is 20.8 Å². The Kier molecular flexibility index (Phi) is 2.81. The first-order valence-corrected chi connectivity index (χ1v) is 5.89. The van der Waals surface area contributed by atoms with Gasteiger partial charge in [0.05, 0.1) is 18.6 Å². The Bertz CT molecular complexity index is 405. The lowest BCUT2D eigenvalue weighted by Gasteiger charge is -2.46. The predicted molar refractivity (Wildman–Crippen MR) is 66.8 cm³/mol. The second-order valence-electron chi connectivity index (χ2n) is 5.19. The van der Waals surface area contributed by atoms with Crippen molar-refractivity contribution in [1.29, 1.82) is 0 Å². The molecule has 16 heavy (non-hydrogen) atoms. The number of rotatable bonds is 2. The zero-order chi connectivity index (χ0) is 11.9. The Hall–Kier alpha value is -0.860. The summed E-state index contributed by atoms with van der Waals surface area (Å²) < 4.78 is 5.40. The third kappa shape index (κ3) is 1.57. The molecule has 0 bridgehead atoms. The summed E-state index contributed by atoms with van der Waals surface area (Å²) in [4.78, 5) is 0. The van der Waals surface area contributed by atoms with Gasteiger partial charge in [0.2, 0.25) is 0 Å². The van der Waals surface area contributed by atoms with E-state index < -0.39 is 0 Å². The summed E-state index contributed by atoms with van der Waals surface area (Å²) in [5.41, 5.74) is 11.6. The van der Waals surface area contributed by atoms with Crippen molar-refractivity contribution in [2.75, 3.05) is 13.2 Å². The van der Waals surface area contributed by atoms with Crippen LogP contribution in [-0.4, -0.2) is 19.3 Å². The molecule has 0 spiro atoms. The Morgan fingerprint density at radius 1 is 1.12 bits per heavy atom. The molecule has 2 rings (SSSR count). The van der Waals surface area contributed by atoms with Crippen LogP contribution in [-0.2, 0) is 10.2 Å². The number of hydrogen-bond acceptors (Lipinski definition) is 2. The van der Waals surface area contributed by atoms with Gasteiger partial charge in [0.15, 0.2) is 0 Å². The Morgan fingerprint density at radius 3 is 2.12 bits per heavy atom. The van der Waals surface area contributed by atoms with Gasteiger partial charge < -0.3 is 10.5 Å². The molecule has 1 aromatic rings. The lowest BCUT2D eigenvalue weighted by Crippen LogP contribution is -2.58. The highest BCUT2D eigenvalue weighted by atomic mass is 16.5. The fraction of sp³-hybridized carbons (Fsp3) is 0.571. The van der Waals surface area contributed by atoms with E-state index >= 15 is 0 Å². The monoisotopic (exact) mass is 219 g/mol. The molecule has 0 radical (unpaired) electrons. The molecule has 1 atom stereocenters. The van der Waals surface area contributed by atoms with Gasteiger partial charge in [-0.2, -0.15) is 0 Å². The topological polar surface area (TPSA) is 35.2 Å². The predicted octanol–water partition coefficient (Wildman–Crippen LogP) is 2.23. The van der Waals surface area contributed by atoms with E-state index in [4.69, 9.17) is 10.5 Å². The molecule has 2 nitrogen and oxygen atoms in total. The maximum absolute atomic E-state index is 6.14. The average Bonchev–Trinajstić information content (AvgIpc) is 2.11. The van der Waals surface area contributed by atoms with Gasteiger partial charge >= 0.3 is 0 Å². The van der Waals surface area contributed by atoms with Gasteiger partial charge in [-0.3, -0.25) is 0 Å². The maximum Gasteiger partial charge on any atom is 0.0600 e. The van der Waals surface area contributed by atoms with Crippen molar-refractivity contribution in [3.8, 4) is 0 Å². The van der Waals surface area contributed by atoms with E-state index in [0.29, 0.717) is 0 Å². The summed E-state index contributed by atoms with van der Waals surface area (Å²) >= 11 is 0. The highest BCUT2D eigenvalue weighted by molar-refractivity contribution is 5.43. The van der Waals surface area contributed by atoms with E-state index in [1.54, 1.807) is 0 Å². The van der Waals surface area contributed by atoms with Gasteiger partial charge in [-0.1, -0.05) is 12.1 Å². The van der Waals surface area contributed by atoms with Crippen LogP contribution < -0.4 is 5.73 Å². The van der Waals surface area contributed by atoms with E-state index in [9.17, 15) is 0 Å². The van der Waals surface area contributed by atoms with Crippen LogP contribution in [0.2, 0.25) is 0 Å². The summed E-state index contributed by atoms with van der Waals surface area (Å²) in [7, 11) is 0. The molecule has 1 fully saturated rings. The summed E-state index contributed by atoms with van der Waals surface area (Å²) in [5.74, 6) is 0. The van der Waals surface area contributed by atoms with E-state index in [1.807, 2.05) is 0 Å². The normalized spacial score (nSPS) is 20.3. The molecular weight excluding hydrogens is 198 g/mol. The van der Waals surface area contributed by atoms with Crippen LogP contribution >= 0.6 is 0 Å². The highest BCUT2D eigenvalue weighted by Gasteiger charge is 2.44. The number of hydrogen-bond donors (Lipinski definition) is 1. The van der Waals surface area contributed by atoms with Crippen molar-refractivity contribution < 1.29 is 4.74 Å². The number of ether oxygens (including phenoxy) is 1. The molecule has 1 aromatic carbocycles. The lowest BCUT2D eigenvalue weighted by atomic mass is 9.71. The molecule has 1 aliphatic rings. The smallest absolute Gasteiger partial charge is 0.0600 e. The minimum absolute atomic E-state index is 0.0442. The molecule has 0 aromatic heterocycles. The molecule has 0 aliphatic carbocycles. The van der Waals surface area contributed by atoms with Crippen LogP contribution in [0.1, 0.15) is 29.2 Å². The van der Waals surface area contributed by atoms with Gasteiger partial charge in [0.25, 0.3) is 0 Å². The Morgan fingerprint density at radius 2 is 1.69 bits per heavy atom. The third-order valence-electron chi connectivity index (χ3n) is 3.97. The average molecular weight is 219 g/mol. The lowest BCUT2D eigenvalue weighted by molar-refractivity contribution is -0.0704. The van der Waals surface area contributed by atoms with E-state index in [0.717, 1.165) is 13.2 Å². The second-order valence-corrected chi connectivity index (χ2v) is 5.19. The van der Waals surface area contributed by atoms with E-state index in [1.165, 1.54) is 22.3 Å². The fourth-order valence-electron chi connectivity index (χ4n) is 2.48. The fourth-order valence-corrected chi connectivity index (χ4v) is 2.48. The number of aryl methyl sites for hydroxylation is 3. The van der Waals surface area contributed by atoms with Crippen molar-refractivity contribution >= 4 is 0 Å². The van der Waals surface area contributed by atoms with E-state index in [-0.39, 0.29) is 11.5 Å². The zero-order valence-corrected chi connectivity index (χ0v) is 10.6. The second kappa shape index (κ2) is 3.86. The van der Waals surface area contributed by atoms with Gasteiger partial charge in [0.1, 0.15) is 0 Å². The number of nitrogens with two attached hydrogens (primary N) is 1. The van der Waals surface area contributed by atoms with Crippen LogP contribution in [0.3, 0.4) is 0 Å². The molecule has 1 saturated heterocycles. The van der Waals surface area contributed by atoms with Gasteiger partial charge in [-0.05, 0) is 49.9 Å². The first kappa shape index (κ1) is 11.6. The first-order valence-electron chi connectivity index (χ1n) is 5.89. The van der Waals surface area contributed by atoms with Crippen molar-refractivity contribution in [3.05, 3.63) is 34.4 Å². The molecule has 1 aliphatic heterocycles. The minimum Gasteiger partial charge on any atom is -0.379 e. The van der Waals surface area contributed by atoms with E-state index in [2.05, 4.69) is 39.8 Å². The number of benzene rings is 1. The standard InChI is InChI=1S/C14H21NO/c1-9-5-11(3)13(6-10(9)2)14(12(4)15)7-16-8-14/h5-6,12H,7-8,15H2,1-4H3. The quantitative estimate of drug-likeness (QED) is 0.828. The molecule has 88 valence electrons. The molecule has 2 N–H and O–H groups in total. The molecule has 0 amide bonds. The maximum atomic E-state index is 6.14. The first-order chi connectivity index (χ1) is 7.47. The summed E-state index contributed by atoms with van der Waals surface area (Å²) in [6, 6.07) is 4.69. The van der Waals surface area contributed by atoms with Crippen molar-refractivity contribution in [2.45, 2.75) is 39.2 Å². The van der Waals surface area contributed by atoms with Crippen LogP contribution in [0.4, 0.5) is 0 Å². The SMILES string of the molecule is Cc1cc(C)c(C2(C(C)N)COC2)cc1C. The Labute approximate surface area is 97.8 Å². The molecule has 0 saturated carbocycles. The van der Waals surface area contributed by atoms with Crippen LogP contribution in [0.25, 0.3) is 0 Å². The van der Waals surface area contributed by atoms with Crippen molar-refractivity contribution in [2.24, 2.45) is 5.73 Å². The summed E-state index contributed by atoms with van der Waals surface area (Å²) in [5, 5.41) is 0. The van der Waals surface area contributed by atoms with Gasteiger partial charge in [0, 0.05) is 6.04 Å². The third-order valence-corrected chi connectivity index (χ3v) is 3.97. The molecule has 2 heteroatoms. The largest absolute Gasteiger partial charge is 0.379 e.